The summed E-state index contributed by atoms with van der Waals surface area (Å²) in [7, 11) is 0. The quantitative estimate of drug-likeness (QED) is 0.879. The highest BCUT2D eigenvalue weighted by atomic mass is 32.1. The summed E-state index contributed by atoms with van der Waals surface area (Å²) in [6.07, 6.45) is 5.56. The van der Waals surface area contributed by atoms with Crippen molar-refractivity contribution in [2.45, 2.75) is 45.2 Å². The summed E-state index contributed by atoms with van der Waals surface area (Å²) in [5.74, 6) is 0. The van der Waals surface area contributed by atoms with Crippen LogP contribution in [0.2, 0.25) is 0 Å². The minimum Gasteiger partial charge on any atom is -0.372 e. The van der Waals surface area contributed by atoms with E-state index in [1.54, 1.807) is 0 Å². The fraction of sp³-hybridized carbons (Fsp3) is 0.818. The molecule has 16 heavy (non-hydrogen) atoms. The molecule has 4 nitrogen and oxygen atoms in total. The predicted octanol–water partition coefficient (Wildman–Crippen LogP) is 2.21. The van der Waals surface area contributed by atoms with Crippen LogP contribution in [0.25, 0.3) is 0 Å². The van der Waals surface area contributed by atoms with Gasteiger partial charge in [-0.15, -0.1) is 5.10 Å². The molecular weight excluding hydrogens is 220 g/mol. The minimum atomic E-state index is 0.589. The molecule has 0 saturated carbocycles. The number of anilines is 1. The summed E-state index contributed by atoms with van der Waals surface area (Å²) in [6.45, 7) is 6.99. The summed E-state index contributed by atoms with van der Waals surface area (Å²) in [4.78, 5) is 2.56. The molecule has 1 aliphatic heterocycles. The highest BCUT2D eigenvalue weighted by Gasteiger charge is 2.18. The van der Waals surface area contributed by atoms with Crippen molar-refractivity contribution in [3.8, 4) is 0 Å². The summed E-state index contributed by atoms with van der Waals surface area (Å²) < 4.78 is 3.87. The Bertz CT molecular complexity index is 299. The largest absolute Gasteiger partial charge is 0.372 e. The molecule has 1 aromatic heterocycles. The average molecular weight is 240 g/mol. The summed E-state index contributed by atoms with van der Waals surface area (Å²) in [5, 5.41) is 8.48. The van der Waals surface area contributed by atoms with Gasteiger partial charge in [0, 0.05) is 30.2 Å². The van der Waals surface area contributed by atoms with Crippen LogP contribution < -0.4 is 5.32 Å². The molecular formula is C11H20N4S. The SMILES string of the molecule is CC(C)N1CCCC(Nc2cnns2)CC1. The van der Waals surface area contributed by atoms with Gasteiger partial charge in [-0.3, -0.25) is 0 Å². The Morgan fingerprint density at radius 2 is 2.31 bits per heavy atom. The van der Waals surface area contributed by atoms with E-state index in [1.807, 2.05) is 6.20 Å². The number of hydrogen-bond acceptors (Lipinski definition) is 5. The third kappa shape index (κ3) is 3.15. The highest BCUT2D eigenvalue weighted by molar-refractivity contribution is 7.09. The van der Waals surface area contributed by atoms with Crippen molar-refractivity contribution < 1.29 is 0 Å². The first-order valence-electron chi connectivity index (χ1n) is 6.03. The van der Waals surface area contributed by atoms with E-state index in [0.29, 0.717) is 12.1 Å². The van der Waals surface area contributed by atoms with Crippen molar-refractivity contribution in [2.75, 3.05) is 18.4 Å². The summed E-state index contributed by atoms with van der Waals surface area (Å²) in [5.41, 5.74) is 0. The van der Waals surface area contributed by atoms with Crippen LogP contribution in [-0.2, 0) is 0 Å². The topological polar surface area (TPSA) is 41.0 Å². The van der Waals surface area contributed by atoms with E-state index in [-0.39, 0.29) is 0 Å². The molecule has 1 aromatic rings. The van der Waals surface area contributed by atoms with Crippen LogP contribution in [0.3, 0.4) is 0 Å². The molecule has 1 saturated heterocycles. The van der Waals surface area contributed by atoms with Crippen molar-refractivity contribution in [3.63, 3.8) is 0 Å². The van der Waals surface area contributed by atoms with Crippen LogP contribution in [0.4, 0.5) is 5.00 Å². The van der Waals surface area contributed by atoms with Gasteiger partial charge in [-0.1, -0.05) is 4.49 Å². The van der Waals surface area contributed by atoms with Crippen molar-refractivity contribution in [3.05, 3.63) is 6.20 Å². The smallest absolute Gasteiger partial charge is 0.130 e. The predicted molar refractivity (Wildman–Crippen MR) is 67.9 cm³/mol. The molecule has 90 valence electrons. The Morgan fingerprint density at radius 3 is 3.00 bits per heavy atom. The molecule has 1 unspecified atom stereocenters. The van der Waals surface area contributed by atoms with Gasteiger partial charge in [0.05, 0.1) is 6.20 Å². The molecule has 0 amide bonds. The van der Waals surface area contributed by atoms with Crippen molar-refractivity contribution >= 4 is 16.5 Å². The number of hydrogen-bond donors (Lipinski definition) is 1. The van der Waals surface area contributed by atoms with Crippen molar-refractivity contribution in [1.29, 1.82) is 0 Å². The molecule has 2 rings (SSSR count). The molecule has 1 aliphatic rings. The zero-order chi connectivity index (χ0) is 11.4. The number of rotatable bonds is 3. The Labute approximate surface area is 101 Å². The van der Waals surface area contributed by atoms with Gasteiger partial charge in [0.1, 0.15) is 5.00 Å². The third-order valence-corrected chi connectivity index (χ3v) is 3.80. The van der Waals surface area contributed by atoms with E-state index in [4.69, 9.17) is 0 Å². The molecule has 0 radical (unpaired) electrons. The Balaban J connectivity index is 1.84. The van der Waals surface area contributed by atoms with Gasteiger partial charge < -0.3 is 10.2 Å². The first kappa shape index (κ1) is 11.8. The van der Waals surface area contributed by atoms with Crippen molar-refractivity contribution in [2.24, 2.45) is 0 Å². The van der Waals surface area contributed by atoms with Gasteiger partial charge in [0.25, 0.3) is 0 Å². The van der Waals surface area contributed by atoms with Gasteiger partial charge in [0.2, 0.25) is 0 Å². The molecule has 1 atom stereocenters. The molecule has 1 fully saturated rings. The second-order valence-corrected chi connectivity index (χ2v) is 5.47. The fourth-order valence-corrected chi connectivity index (χ4v) is 2.71. The van der Waals surface area contributed by atoms with E-state index < -0.39 is 0 Å². The molecule has 2 heterocycles. The van der Waals surface area contributed by atoms with Gasteiger partial charge in [-0.2, -0.15) is 0 Å². The molecule has 0 bridgehead atoms. The summed E-state index contributed by atoms with van der Waals surface area (Å²) >= 11 is 1.44. The lowest BCUT2D eigenvalue weighted by Crippen LogP contribution is -2.32. The van der Waals surface area contributed by atoms with Gasteiger partial charge in [-0.25, -0.2) is 0 Å². The van der Waals surface area contributed by atoms with Gasteiger partial charge >= 0.3 is 0 Å². The second kappa shape index (κ2) is 5.59. The average Bonchev–Trinajstić information content (AvgIpc) is 2.63. The zero-order valence-corrected chi connectivity index (χ0v) is 10.8. The zero-order valence-electron chi connectivity index (χ0n) is 10.0. The normalized spacial score (nSPS) is 23.3. The molecule has 0 aliphatic carbocycles. The lowest BCUT2D eigenvalue weighted by molar-refractivity contribution is 0.230. The molecule has 0 spiro atoms. The fourth-order valence-electron chi connectivity index (χ4n) is 2.21. The Morgan fingerprint density at radius 1 is 1.44 bits per heavy atom. The Kier molecular flexibility index (Phi) is 4.12. The lowest BCUT2D eigenvalue weighted by Gasteiger charge is -2.24. The first-order chi connectivity index (χ1) is 7.75. The lowest BCUT2D eigenvalue weighted by atomic mass is 10.1. The third-order valence-electron chi connectivity index (χ3n) is 3.20. The van der Waals surface area contributed by atoms with E-state index in [1.165, 1.54) is 43.9 Å². The summed E-state index contributed by atoms with van der Waals surface area (Å²) in [6, 6.07) is 1.26. The standard InChI is InChI=1S/C11H20N4S/c1-9(2)15-6-3-4-10(5-7-15)13-11-8-12-14-16-11/h8-10,13H,3-7H2,1-2H3. The molecule has 1 N–H and O–H groups in total. The van der Waals surface area contributed by atoms with E-state index >= 15 is 0 Å². The van der Waals surface area contributed by atoms with Crippen LogP contribution >= 0.6 is 11.5 Å². The minimum absolute atomic E-state index is 0.589. The van der Waals surface area contributed by atoms with E-state index in [0.717, 1.165) is 5.00 Å². The number of nitrogens with zero attached hydrogens (tertiary/aromatic N) is 3. The maximum atomic E-state index is 3.87. The Hall–Kier alpha value is -0.680. The maximum Gasteiger partial charge on any atom is 0.130 e. The molecule has 5 heteroatoms. The number of aromatic nitrogens is 2. The monoisotopic (exact) mass is 240 g/mol. The number of likely N-dealkylation sites (tertiary alicyclic amines) is 1. The first-order valence-corrected chi connectivity index (χ1v) is 6.81. The van der Waals surface area contributed by atoms with E-state index in [2.05, 4.69) is 33.7 Å². The highest BCUT2D eigenvalue weighted by Crippen LogP contribution is 2.19. The van der Waals surface area contributed by atoms with Crippen LogP contribution in [0.1, 0.15) is 33.1 Å². The van der Waals surface area contributed by atoms with E-state index in [9.17, 15) is 0 Å². The van der Waals surface area contributed by atoms with Gasteiger partial charge in [0.15, 0.2) is 0 Å². The second-order valence-electron chi connectivity index (χ2n) is 4.68. The molecule has 0 aromatic carbocycles. The number of nitrogens with one attached hydrogen (secondary N) is 1. The van der Waals surface area contributed by atoms with Crippen LogP contribution in [0.5, 0.6) is 0 Å². The maximum absolute atomic E-state index is 3.87. The van der Waals surface area contributed by atoms with Crippen LogP contribution in [0.15, 0.2) is 6.20 Å². The van der Waals surface area contributed by atoms with Crippen molar-refractivity contribution in [1.82, 2.24) is 14.5 Å². The van der Waals surface area contributed by atoms with Gasteiger partial charge in [-0.05, 0) is 39.7 Å². The van der Waals surface area contributed by atoms with Crippen LogP contribution in [0, 0.1) is 0 Å². The van der Waals surface area contributed by atoms with Crippen LogP contribution in [-0.4, -0.2) is 39.7 Å².